The Balaban J connectivity index is 2.01. The molecule has 0 radical (unpaired) electrons. The van der Waals surface area contributed by atoms with Crippen molar-refractivity contribution in [2.45, 2.75) is 26.3 Å². The Bertz CT molecular complexity index is 847. The molecule has 1 aromatic heterocycles. The summed E-state index contributed by atoms with van der Waals surface area (Å²) in [5.41, 5.74) is 0.0512. The summed E-state index contributed by atoms with van der Waals surface area (Å²) in [5, 5.41) is 8.99. The van der Waals surface area contributed by atoms with Crippen LogP contribution in [0.1, 0.15) is 36.3 Å². The minimum absolute atomic E-state index is 0.00158. The average molecular weight is 407 g/mol. The number of hydrogen-bond acceptors (Lipinski definition) is 4. The first-order valence-electron chi connectivity index (χ1n) is 9.29. The van der Waals surface area contributed by atoms with Gasteiger partial charge in [0.05, 0.1) is 17.5 Å². The van der Waals surface area contributed by atoms with E-state index in [-0.39, 0.29) is 41.3 Å². The molecule has 0 atom stereocenters. The maximum Gasteiger partial charge on any atom is 0.255 e. The SMILES string of the molecule is C=C/C(F)=C(C)\C(=C(/C)F)c1[nH]ncc1C(=O)NCCC(=O)N1CC(N(C)C)C1. The summed E-state index contributed by atoms with van der Waals surface area (Å²) < 4.78 is 28.0. The highest BCUT2D eigenvalue weighted by Crippen LogP contribution is 2.31. The molecule has 1 saturated heterocycles. The third-order valence-electron chi connectivity index (χ3n) is 4.96. The van der Waals surface area contributed by atoms with Crippen LogP contribution in [0.5, 0.6) is 0 Å². The lowest BCUT2D eigenvalue weighted by Crippen LogP contribution is -2.59. The molecule has 0 bridgehead atoms. The van der Waals surface area contributed by atoms with Crippen molar-refractivity contribution in [1.29, 1.82) is 0 Å². The molecule has 2 N–H and O–H groups in total. The van der Waals surface area contributed by atoms with E-state index < -0.39 is 17.6 Å². The largest absolute Gasteiger partial charge is 0.351 e. The second-order valence-electron chi connectivity index (χ2n) is 7.17. The van der Waals surface area contributed by atoms with Gasteiger partial charge < -0.3 is 15.1 Å². The van der Waals surface area contributed by atoms with E-state index in [0.717, 1.165) is 6.08 Å². The molecule has 29 heavy (non-hydrogen) atoms. The van der Waals surface area contributed by atoms with Crippen LogP contribution in [0.15, 0.2) is 36.1 Å². The van der Waals surface area contributed by atoms with Crippen LogP contribution in [0.25, 0.3) is 5.57 Å². The van der Waals surface area contributed by atoms with Crippen LogP contribution in [0.4, 0.5) is 8.78 Å². The lowest BCUT2D eigenvalue weighted by molar-refractivity contribution is -0.137. The van der Waals surface area contributed by atoms with Gasteiger partial charge in [0.1, 0.15) is 11.7 Å². The Morgan fingerprint density at radius 1 is 1.38 bits per heavy atom. The van der Waals surface area contributed by atoms with Gasteiger partial charge in [0.25, 0.3) is 5.91 Å². The lowest BCUT2D eigenvalue weighted by atomic mass is 9.99. The smallest absolute Gasteiger partial charge is 0.255 e. The summed E-state index contributed by atoms with van der Waals surface area (Å²) in [6, 6.07) is 0.364. The topological polar surface area (TPSA) is 81.3 Å². The number of carbonyl (C=O) groups excluding carboxylic acids is 2. The Kier molecular flexibility index (Phi) is 7.44. The van der Waals surface area contributed by atoms with Gasteiger partial charge in [-0.1, -0.05) is 6.58 Å². The molecule has 0 spiro atoms. The molecule has 0 aromatic carbocycles. The molecule has 1 aromatic rings. The molecule has 158 valence electrons. The van der Waals surface area contributed by atoms with Gasteiger partial charge in [0.2, 0.25) is 5.91 Å². The molecular weight excluding hydrogens is 380 g/mol. The van der Waals surface area contributed by atoms with Crippen LogP contribution in [0.2, 0.25) is 0 Å². The lowest BCUT2D eigenvalue weighted by Gasteiger charge is -2.42. The van der Waals surface area contributed by atoms with E-state index in [1.807, 2.05) is 14.1 Å². The first-order chi connectivity index (χ1) is 13.7. The van der Waals surface area contributed by atoms with Crippen LogP contribution in [0, 0.1) is 0 Å². The molecule has 0 unspecified atom stereocenters. The Morgan fingerprint density at radius 2 is 2.03 bits per heavy atom. The number of carbonyl (C=O) groups is 2. The number of halogens is 2. The van der Waals surface area contributed by atoms with E-state index in [4.69, 9.17) is 0 Å². The fourth-order valence-electron chi connectivity index (χ4n) is 3.06. The van der Waals surface area contributed by atoms with Crippen molar-refractivity contribution in [2.24, 2.45) is 0 Å². The van der Waals surface area contributed by atoms with Crippen molar-refractivity contribution in [2.75, 3.05) is 33.7 Å². The molecule has 2 rings (SSSR count). The number of allylic oxidation sites excluding steroid dienone is 5. The molecule has 9 heteroatoms. The van der Waals surface area contributed by atoms with E-state index in [0.29, 0.717) is 19.1 Å². The Morgan fingerprint density at radius 3 is 2.59 bits per heavy atom. The van der Waals surface area contributed by atoms with Gasteiger partial charge >= 0.3 is 0 Å². The zero-order valence-electron chi connectivity index (χ0n) is 17.2. The van der Waals surface area contributed by atoms with Crippen molar-refractivity contribution >= 4 is 17.4 Å². The number of hydrogen-bond donors (Lipinski definition) is 2. The maximum atomic E-state index is 14.1. The van der Waals surface area contributed by atoms with Crippen LogP contribution in [0.3, 0.4) is 0 Å². The number of aromatic amines is 1. The second kappa shape index (κ2) is 9.60. The third-order valence-corrected chi connectivity index (χ3v) is 4.96. The number of nitrogens with zero attached hydrogens (tertiary/aromatic N) is 3. The number of aromatic nitrogens is 2. The summed E-state index contributed by atoms with van der Waals surface area (Å²) in [4.78, 5) is 28.5. The van der Waals surface area contributed by atoms with Gasteiger partial charge in [-0.2, -0.15) is 5.10 Å². The summed E-state index contributed by atoms with van der Waals surface area (Å²) in [5.74, 6) is -1.93. The minimum Gasteiger partial charge on any atom is -0.351 e. The predicted octanol–water partition coefficient (Wildman–Crippen LogP) is 2.43. The third kappa shape index (κ3) is 5.17. The van der Waals surface area contributed by atoms with Crippen LogP contribution >= 0.6 is 0 Å². The van der Waals surface area contributed by atoms with E-state index in [9.17, 15) is 18.4 Å². The Labute approximate surface area is 169 Å². The zero-order chi connectivity index (χ0) is 21.7. The average Bonchev–Trinajstić information content (AvgIpc) is 3.08. The Hall–Kier alpha value is -2.81. The van der Waals surface area contributed by atoms with E-state index in [1.165, 1.54) is 20.0 Å². The van der Waals surface area contributed by atoms with Crippen LogP contribution in [-0.4, -0.2) is 71.6 Å². The van der Waals surface area contributed by atoms with Gasteiger partial charge in [-0.05, 0) is 39.6 Å². The van der Waals surface area contributed by atoms with Gasteiger partial charge in [0, 0.05) is 37.7 Å². The van der Waals surface area contributed by atoms with Crippen LogP contribution < -0.4 is 5.32 Å². The predicted molar refractivity (Wildman–Crippen MR) is 107 cm³/mol. The number of rotatable bonds is 8. The van der Waals surface area contributed by atoms with E-state index in [1.54, 1.807) is 4.90 Å². The molecule has 7 nitrogen and oxygen atoms in total. The zero-order valence-corrected chi connectivity index (χ0v) is 17.2. The second-order valence-corrected chi connectivity index (χ2v) is 7.17. The van der Waals surface area contributed by atoms with Crippen molar-refractivity contribution in [3.8, 4) is 0 Å². The summed E-state index contributed by atoms with van der Waals surface area (Å²) in [6.07, 6.45) is 2.37. The monoisotopic (exact) mass is 407 g/mol. The first-order valence-corrected chi connectivity index (χ1v) is 9.29. The normalized spacial score (nSPS) is 16.2. The highest BCUT2D eigenvalue weighted by molar-refractivity contribution is 6.00. The molecule has 2 heterocycles. The van der Waals surface area contributed by atoms with Gasteiger partial charge in [-0.3, -0.25) is 14.7 Å². The van der Waals surface area contributed by atoms with Crippen molar-refractivity contribution in [1.82, 2.24) is 25.3 Å². The van der Waals surface area contributed by atoms with Gasteiger partial charge in [-0.25, -0.2) is 8.78 Å². The minimum atomic E-state index is -0.700. The van der Waals surface area contributed by atoms with Crippen molar-refractivity contribution in [3.63, 3.8) is 0 Å². The summed E-state index contributed by atoms with van der Waals surface area (Å²) in [7, 11) is 3.93. The fraction of sp³-hybridized carbons (Fsp3) is 0.450. The molecular formula is C20H27F2N5O2. The quantitative estimate of drug-likeness (QED) is 0.649. The highest BCUT2D eigenvalue weighted by atomic mass is 19.1. The molecule has 0 aliphatic carbocycles. The molecule has 2 amide bonds. The fourth-order valence-corrected chi connectivity index (χ4v) is 3.06. The summed E-state index contributed by atoms with van der Waals surface area (Å²) in [6.45, 7) is 7.39. The number of H-pyrrole nitrogens is 1. The van der Waals surface area contributed by atoms with Crippen molar-refractivity contribution < 1.29 is 18.4 Å². The molecule has 1 aliphatic rings. The van der Waals surface area contributed by atoms with E-state index >= 15 is 0 Å². The van der Waals surface area contributed by atoms with E-state index in [2.05, 4.69) is 27.0 Å². The molecule has 0 saturated carbocycles. The maximum absolute atomic E-state index is 14.1. The van der Waals surface area contributed by atoms with Crippen LogP contribution in [-0.2, 0) is 4.79 Å². The number of likely N-dealkylation sites (tertiary alicyclic amines) is 1. The standard InChI is InChI=1S/C20H27F2N5O2/c1-6-16(22)12(2)18(13(3)21)19-15(9-24-25-19)20(29)23-8-7-17(28)27-10-14(11-27)26(4)5/h6,9,14H,1,7-8,10-11H2,2-5H3,(H,23,29)(H,24,25)/b16-12+,18-13-. The van der Waals surface area contributed by atoms with Crippen molar-refractivity contribution in [3.05, 3.63) is 47.3 Å². The number of nitrogens with one attached hydrogen (secondary N) is 2. The first kappa shape index (κ1) is 22.5. The molecule has 1 fully saturated rings. The number of likely N-dealkylation sites (N-methyl/N-ethyl adjacent to an activating group) is 1. The summed E-state index contributed by atoms with van der Waals surface area (Å²) >= 11 is 0. The van der Waals surface area contributed by atoms with Gasteiger partial charge in [-0.15, -0.1) is 0 Å². The number of amides is 2. The highest BCUT2D eigenvalue weighted by Gasteiger charge is 2.31. The molecule has 1 aliphatic heterocycles. The van der Waals surface area contributed by atoms with Gasteiger partial charge in [0.15, 0.2) is 0 Å².